The summed E-state index contributed by atoms with van der Waals surface area (Å²) in [6, 6.07) is 0.892. The maximum absolute atomic E-state index is 6.01. The summed E-state index contributed by atoms with van der Waals surface area (Å²) >= 11 is 0. The number of nitrogens with two attached hydrogens (primary N) is 1. The van der Waals surface area contributed by atoms with Crippen molar-refractivity contribution in [3.63, 3.8) is 0 Å². The first-order valence-corrected chi connectivity index (χ1v) is 6.06. The van der Waals surface area contributed by atoms with Crippen molar-refractivity contribution in [2.24, 2.45) is 5.73 Å². The molecule has 1 aliphatic rings. The highest BCUT2D eigenvalue weighted by molar-refractivity contribution is 4.86. The van der Waals surface area contributed by atoms with Crippen LogP contribution in [0.2, 0.25) is 0 Å². The highest BCUT2D eigenvalue weighted by atomic mass is 15.2. The van der Waals surface area contributed by atoms with Gasteiger partial charge in [-0.25, -0.2) is 0 Å². The second-order valence-corrected chi connectivity index (χ2v) is 5.36. The van der Waals surface area contributed by atoms with Gasteiger partial charge in [0.05, 0.1) is 0 Å². The molecule has 0 radical (unpaired) electrons. The number of unbranched alkanes of at least 4 members (excludes halogenated alkanes) is 1. The van der Waals surface area contributed by atoms with Gasteiger partial charge in [-0.3, -0.25) is 0 Å². The predicted octanol–water partition coefficient (Wildman–Crippen LogP) is 2.38. The molecule has 0 heterocycles. The minimum atomic E-state index is -0.000640. The van der Waals surface area contributed by atoms with Crippen LogP contribution in [0.4, 0.5) is 0 Å². The fraction of sp³-hybridized carbons (Fsp3) is 1.00. The van der Waals surface area contributed by atoms with E-state index in [2.05, 4.69) is 25.7 Å². The summed E-state index contributed by atoms with van der Waals surface area (Å²) in [6.45, 7) is 8.97. The van der Waals surface area contributed by atoms with E-state index < -0.39 is 0 Å². The Morgan fingerprint density at radius 2 is 1.93 bits per heavy atom. The van der Waals surface area contributed by atoms with E-state index in [-0.39, 0.29) is 5.54 Å². The van der Waals surface area contributed by atoms with Gasteiger partial charge in [-0.05, 0) is 46.1 Å². The van der Waals surface area contributed by atoms with Crippen molar-refractivity contribution in [1.82, 2.24) is 4.90 Å². The molecule has 0 amide bonds. The van der Waals surface area contributed by atoms with Crippen LogP contribution in [0.1, 0.15) is 52.9 Å². The maximum Gasteiger partial charge on any atom is 0.0109 e. The Bertz CT molecular complexity index is 156. The summed E-state index contributed by atoms with van der Waals surface area (Å²) in [5, 5.41) is 0. The SMILES string of the molecule is CCCCN(CCC(C)(C)N)C1CC1. The molecule has 2 nitrogen and oxygen atoms in total. The van der Waals surface area contributed by atoms with Crippen molar-refractivity contribution in [3.8, 4) is 0 Å². The first-order valence-electron chi connectivity index (χ1n) is 6.06. The molecule has 0 atom stereocenters. The van der Waals surface area contributed by atoms with Crippen LogP contribution < -0.4 is 5.73 Å². The summed E-state index contributed by atoms with van der Waals surface area (Å²) < 4.78 is 0. The summed E-state index contributed by atoms with van der Waals surface area (Å²) in [4.78, 5) is 2.64. The van der Waals surface area contributed by atoms with E-state index in [1.807, 2.05) is 0 Å². The Morgan fingerprint density at radius 3 is 2.36 bits per heavy atom. The molecule has 14 heavy (non-hydrogen) atoms. The smallest absolute Gasteiger partial charge is 0.0109 e. The van der Waals surface area contributed by atoms with E-state index in [0.29, 0.717) is 0 Å². The molecule has 1 fully saturated rings. The standard InChI is InChI=1S/C12H26N2/c1-4-5-9-14(11-6-7-11)10-8-12(2,3)13/h11H,4-10,13H2,1-3H3. The van der Waals surface area contributed by atoms with E-state index in [4.69, 9.17) is 5.73 Å². The van der Waals surface area contributed by atoms with Gasteiger partial charge in [-0.1, -0.05) is 13.3 Å². The predicted molar refractivity (Wildman–Crippen MR) is 62.4 cm³/mol. The number of hydrogen-bond donors (Lipinski definition) is 1. The Hall–Kier alpha value is -0.0800. The first kappa shape index (κ1) is 12.0. The van der Waals surface area contributed by atoms with Crippen LogP contribution >= 0.6 is 0 Å². The number of nitrogens with zero attached hydrogens (tertiary/aromatic N) is 1. The van der Waals surface area contributed by atoms with Crippen molar-refractivity contribution in [2.75, 3.05) is 13.1 Å². The van der Waals surface area contributed by atoms with Crippen molar-refractivity contribution < 1.29 is 0 Å². The Balaban J connectivity index is 2.21. The van der Waals surface area contributed by atoms with Gasteiger partial charge in [0.25, 0.3) is 0 Å². The topological polar surface area (TPSA) is 29.3 Å². The maximum atomic E-state index is 6.01. The molecule has 2 N–H and O–H groups in total. The summed E-state index contributed by atoms with van der Waals surface area (Å²) in [5.74, 6) is 0. The zero-order chi connectivity index (χ0) is 10.6. The van der Waals surface area contributed by atoms with Gasteiger partial charge in [0, 0.05) is 18.1 Å². The van der Waals surface area contributed by atoms with Crippen molar-refractivity contribution in [2.45, 2.75) is 64.5 Å². The molecule has 1 saturated carbocycles. The van der Waals surface area contributed by atoms with Gasteiger partial charge in [0.2, 0.25) is 0 Å². The fourth-order valence-electron chi connectivity index (χ4n) is 1.71. The van der Waals surface area contributed by atoms with E-state index in [1.54, 1.807) is 0 Å². The molecule has 0 spiro atoms. The molecule has 0 aliphatic heterocycles. The van der Waals surface area contributed by atoms with Crippen LogP contribution in [0.5, 0.6) is 0 Å². The zero-order valence-corrected chi connectivity index (χ0v) is 10.1. The van der Waals surface area contributed by atoms with E-state index in [9.17, 15) is 0 Å². The van der Waals surface area contributed by atoms with Crippen LogP contribution in [-0.2, 0) is 0 Å². The van der Waals surface area contributed by atoms with Crippen molar-refractivity contribution in [3.05, 3.63) is 0 Å². The van der Waals surface area contributed by atoms with Crippen LogP contribution in [0.3, 0.4) is 0 Å². The third kappa shape index (κ3) is 4.97. The second-order valence-electron chi connectivity index (χ2n) is 5.36. The van der Waals surface area contributed by atoms with Gasteiger partial charge in [0.15, 0.2) is 0 Å². The molecule has 0 aromatic heterocycles. The van der Waals surface area contributed by atoms with Gasteiger partial charge < -0.3 is 10.6 Å². The summed E-state index contributed by atoms with van der Waals surface area (Å²) in [5.41, 5.74) is 6.01. The summed E-state index contributed by atoms with van der Waals surface area (Å²) in [7, 11) is 0. The van der Waals surface area contributed by atoms with Crippen LogP contribution in [-0.4, -0.2) is 29.6 Å². The lowest BCUT2D eigenvalue weighted by atomic mass is 10.0. The van der Waals surface area contributed by atoms with Gasteiger partial charge in [-0.2, -0.15) is 0 Å². The molecule has 0 saturated heterocycles. The second kappa shape index (κ2) is 5.13. The lowest BCUT2D eigenvalue weighted by Crippen LogP contribution is -2.38. The molecular weight excluding hydrogens is 172 g/mol. The third-order valence-electron chi connectivity index (χ3n) is 2.91. The highest BCUT2D eigenvalue weighted by Gasteiger charge is 2.28. The fourth-order valence-corrected chi connectivity index (χ4v) is 1.71. The quantitative estimate of drug-likeness (QED) is 0.680. The van der Waals surface area contributed by atoms with E-state index in [0.717, 1.165) is 12.5 Å². The number of rotatable bonds is 7. The van der Waals surface area contributed by atoms with Gasteiger partial charge in [0.1, 0.15) is 0 Å². The van der Waals surface area contributed by atoms with Crippen LogP contribution in [0.25, 0.3) is 0 Å². The van der Waals surface area contributed by atoms with E-state index >= 15 is 0 Å². The minimum absolute atomic E-state index is 0.000640. The lowest BCUT2D eigenvalue weighted by molar-refractivity contribution is 0.236. The molecule has 0 unspecified atom stereocenters. The van der Waals surface area contributed by atoms with Crippen molar-refractivity contribution >= 4 is 0 Å². The molecule has 0 aromatic rings. The molecule has 0 bridgehead atoms. The normalized spacial score (nSPS) is 17.8. The largest absolute Gasteiger partial charge is 0.326 e. The third-order valence-corrected chi connectivity index (χ3v) is 2.91. The molecule has 1 rings (SSSR count). The number of hydrogen-bond acceptors (Lipinski definition) is 2. The summed E-state index contributed by atoms with van der Waals surface area (Å²) in [6.07, 6.45) is 6.58. The van der Waals surface area contributed by atoms with E-state index in [1.165, 1.54) is 38.8 Å². The van der Waals surface area contributed by atoms with Crippen LogP contribution in [0.15, 0.2) is 0 Å². The average Bonchev–Trinajstić information content (AvgIpc) is 2.86. The molecule has 2 heteroatoms. The average molecular weight is 198 g/mol. The van der Waals surface area contributed by atoms with Crippen LogP contribution in [0, 0.1) is 0 Å². The van der Waals surface area contributed by atoms with Gasteiger partial charge >= 0.3 is 0 Å². The monoisotopic (exact) mass is 198 g/mol. The molecule has 0 aromatic carbocycles. The first-order chi connectivity index (χ1) is 6.53. The Kier molecular flexibility index (Phi) is 4.39. The molecular formula is C12H26N2. The Labute approximate surface area is 88.8 Å². The molecule has 1 aliphatic carbocycles. The lowest BCUT2D eigenvalue weighted by Gasteiger charge is -2.26. The van der Waals surface area contributed by atoms with Gasteiger partial charge in [-0.15, -0.1) is 0 Å². The Morgan fingerprint density at radius 1 is 1.29 bits per heavy atom. The zero-order valence-electron chi connectivity index (χ0n) is 10.1. The molecule has 84 valence electrons. The van der Waals surface area contributed by atoms with Crippen molar-refractivity contribution in [1.29, 1.82) is 0 Å². The highest BCUT2D eigenvalue weighted by Crippen LogP contribution is 2.27. The minimum Gasteiger partial charge on any atom is -0.326 e.